The van der Waals surface area contributed by atoms with E-state index in [1.54, 1.807) is 23.1 Å². The number of halogens is 2. The van der Waals surface area contributed by atoms with Crippen molar-refractivity contribution in [1.82, 2.24) is 9.88 Å². The van der Waals surface area contributed by atoms with Crippen molar-refractivity contribution in [2.45, 2.75) is 13.0 Å². The first-order valence-electron chi connectivity index (χ1n) is 10.9. The van der Waals surface area contributed by atoms with Gasteiger partial charge in [0.1, 0.15) is 11.6 Å². The van der Waals surface area contributed by atoms with Crippen LogP contribution in [0.4, 0.5) is 20.6 Å². The average Bonchev–Trinajstić information content (AvgIpc) is 3.15. The molecule has 9 heteroatoms. The Bertz CT molecular complexity index is 1410. The minimum atomic E-state index is -0.465. The van der Waals surface area contributed by atoms with Gasteiger partial charge >= 0.3 is 6.09 Å². The summed E-state index contributed by atoms with van der Waals surface area (Å²) < 4.78 is 26.7. The number of aryl methyl sites for hydroxylation is 1. The predicted octanol–water partition coefficient (Wildman–Crippen LogP) is 3.21. The molecule has 2 aromatic carbocycles. The number of aromatic nitrogens is 1. The molecule has 7 nitrogen and oxygen atoms in total. The molecule has 2 aliphatic heterocycles. The summed E-state index contributed by atoms with van der Waals surface area (Å²) in [5.74, 6) is 0.0512. The van der Waals surface area contributed by atoms with Crippen LogP contribution < -0.4 is 20.8 Å². The second kappa shape index (κ2) is 8.77. The highest BCUT2D eigenvalue weighted by molar-refractivity contribution is 6.31. The van der Waals surface area contributed by atoms with Gasteiger partial charge in [-0.1, -0.05) is 24.2 Å². The fraction of sp³-hybridized carbons (Fsp3) is 0.280. The van der Waals surface area contributed by atoms with Crippen LogP contribution in [0.15, 0.2) is 36.4 Å². The fourth-order valence-corrected chi connectivity index (χ4v) is 4.75. The summed E-state index contributed by atoms with van der Waals surface area (Å²) in [4.78, 5) is 19.9. The Labute approximate surface area is 201 Å². The summed E-state index contributed by atoms with van der Waals surface area (Å²) in [6.07, 6.45) is -0.705. The molecule has 0 radical (unpaired) electrons. The van der Waals surface area contributed by atoms with Crippen molar-refractivity contribution >= 4 is 52.4 Å². The van der Waals surface area contributed by atoms with Gasteiger partial charge in [-0.05, 0) is 42.8 Å². The van der Waals surface area contributed by atoms with E-state index in [-0.39, 0.29) is 16.3 Å². The second-order valence-corrected chi connectivity index (χ2v) is 8.84. The van der Waals surface area contributed by atoms with Crippen LogP contribution in [0.1, 0.15) is 5.56 Å². The van der Waals surface area contributed by atoms with Crippen molar-refractivity contribution in [3.8, 4) is 0 Å². The normalized spacial score (nSPS) is 19.2. The topological polar surface area (TPSA) is 66.9 Å². The number of benzene rings is 2. The number of amides is 1. The van der Waals surface area contributed by atoms with Gasteiger partial charge in [0.15, 0.2) is 0 Å². The number of ether oxygens (including phenoxy) is 2. The Kier molecular flexibility index (Phi) is 5.79. The molecule has 1 atom stereocenters. The number of pyridine rings is 1. The van der Waals surface area contributed by atoms with Crippen molar-refractivity contribution in [2.75, 3.05) is 43.6 Å². The molecule has 1 N–H and O–H groups in total. The van der Waals surface area contributed by atoms with Crippen LogP contribution in [-0.4, -0.2) is 55.4 Å². The van der Waals surface area contributed by atoms with Crippen LogP contribution in [-0.2, 0) is 9.47 Å². The Hall–Kier alpha value is -3.36. The van der Waals surface area contributed by atoms with E-state index in [4.69, 9.17) is 21.1 Å². The van der Waals surface area contributed by atoms with E-state index in [0.717, 1.165) is 16.9 Å². The molecule has 176 valence electrons. The van der Waals surface area contributed by atoms with E-state index in [1.165, 1.54) is 7.11 Å². The minimum absolute atomic E-state index is 0.237. The number of hydrogen-bond donors (Lipinski definition) is 1. The van der Waals surface area contributed by atoms with E-state index >= 15 is 4.39 Å². The largest absolute Gasteiger partial charge is 0.453 e. The third kappa shape index (κ3) is 3.93. The monoisotopic (exact) mass is 482 g/mol. The maximum atomic E-state index is 15.8. The third-order valence-electron chi connectivity index (χ3n) is 6.10. The van der Waals surface area contributed by atoms with Gasteiger partial charge in [-0.15, -0.1) is 0 Å². The summed E-state index contributed by atoms with van der Waals surface area (Å²) in [6, 6.07) is 11.0. The molecule has 1 amide bonds. The van der Waals surface area contributed by atoms with Gasteiger partial charge in [0.05, 0.1) is 65.4 Å². The van der Waals surface area contributed by atoms with Gasteiger partial charge in [0.25, 0.3) is 0 Å². The number of hydrogen-bond acceptors (Lipinski definition) is 6. The molecule has 3 aromatic rings. The van der Waals surface area contributed by atoms with Crippen molar-refractivity contribution in [2.24, 2.45) is 0 Å². The summed E-state index contributed by atoms with van der Waals surface area (Å²) in [5.41, 5.74) is 3.23. The molecular formula is C25H24ClFN4O3. The molecule has 0 aliphatic carbocycles. The van der Waals surface area contributed by atoms with Crippen LogP contribution in [0, 0.1) is 12.7 Å². The van der Waals surface area contributed by atoms with Gasteiger partial charge in [-0.3, -0.25) is 0 Å². The highest BCUT2D eigenvalue weighted by Crippen LogP contribution is 2.38. The van der Waals surface area contributed by atoms with E-state index in [0.29, 0.717) is 48.3 Å². The van der Waals surface area contributed by atoms with Gasteiger partial charge in [0.2, 0.25) is 0 Å². The lowest BCUT2D eigenvalue weighted by Gasteiger charge is -2.34. The molecular weight excluding hydrogens is 459 g/mol. The lowest BCUT2D eigenvalue weighted by molar-refractivity contribution is -0.0193. The molecule has 1 aromatic heterocycles. The van der Waals surface area contributed by atoms with Crippen molar-refractivity contribution in [3.05, 3.63) is 63.4 Å². The molecule has 2 aliphatic rings. The summed E-state index contributed by atoms with van der Waals surface area (Å²) >= 11 is 6.62. The molecule has 0 bridgehead atoms. The number of nitrogens with zero attached hydrogens (tertiary/aromatic N) is 3. The Morgan fingerprint density at radius 2 is 2.18 bits per heavy atom. The van der Waals surface area contributed by atoms with Crippen LogP contribution in [0.25, 0.3) is 23.3 Å². The number of morpholine rings is 1. The number of carbonyl (C=O) groups excluding carboxylic acids is 1. The fourth-order valence-electron chi connectivity index (χ4n) is 4.48. The lowest BCUT2D eigenvalue weighted by Crippen LogP contribution is -2.49. The Morgan fingerprint density at radius 3 is 2.97 bits per heavy atom. The van der Waals surface area contributed by atoms with Crippen LogP contribution in [0.2, 0.25) is 5.02 Å². The van der Waals surface area contributed by atoms with Gasteiger partial charge in [-0.2, -0.15) is 0 Å². The first-order chi connectivity index (χ1) is 16.4. The first-order valence-corrected chi connectivity index (χ1v) is 11.3. The second-order valence-electron chi connectivity index (χ2n) is 8.43. The summed E-state index contributed by atoms with van der Waals surface area (Å²) in [6.45, 7) is 7.40. The number of fused-ring (bicyclic) bond motifs is 2. The molecule has 0 spiro atoms. The zero-order valence-corrected chi connectivity index (χ0v) is 19.7. The average molecular weight is 483 g/mol. The zero-order chi connectivity index (χ0) is 24.0. The molecule has 34 heavy (non-hydrogen) atoms. The van der Waals surface area contributed by atoms with Gasteiger partial charge < -0.3 is 24.6 Å². The maximum Gasteiger partial charge on any atom is 0.409 e. The van der Waals surface area contributed by atoms with E-state index < -0.39 is 11.9 Å². The van der Waals surface area contributed by atoms with Gasteiger partial charge in [-0.25, -0.2) is 14.2 Å². The quantitative estimate of drug-likeness (QED) is 0.605. The molecule has 1 fully saturated rings. The highest BCUT2D eigenvalue weighted by atomic mass is 35.5. The first kappa shape index (κ1) is 22.4. The molecule has 0 saturated carbocycles. The zero-order valence-electron chi connectivity index (χ0n) is 18.9. The summed E-state index contributed by atoms with van der Waals surface area (Å²) in [5, 5.41) is 4.75. The molecule has 1 saturated heterocycles. The maximum absolute atomic E-state index is 15.8. The predicted molar refractivity (Wildman–Crippen MR) is 131 cm³/mol. The Balaban J connectivity index is 1.63. The number of anilines is 2. The van der Waals surface area contributed by atoms with E-state index in [2.05, 4.69) is 16.9 Å². The molecule has 0 unspecified atom stereocenters. The minimum Gasteiger partial charge on any atom is -0.453 e. The van der Waals surface area contributed by atoms with Gasteiger partial charge in [0, 0.05) is 11.9 Å². The molecule has 3 heterocycles. The third-order valence-corrected chi connectivity index (χ3v) is 6.40. The van der Waals surface area contributed by atoms with Crippen molar-refractivity contribution in [1.29, 1.82) is 0 Å². The SMILES string of the molecule is C=c1ccc2c(F)c(=C3Nc4cc(C)ccc4N3C[C@H]3CN(C(=O)OC)CCO3)c(Cl)cc2n1. The van der Waals surface area contributed by atoms with Crippen LogP contribution in [0.5, 0.6) is 0 Å². The summed E-state index contributed by atoms with van der Waals surface area (Å²) in [7, 11) is 1.36. The van der Waals surface area contributed by atoms with Crippen molar-refractivity contribution < 1.29 is 18.7 Å². The number of nitrogens with one attached hydrogen (secondary N) is 1. The van der Waals surface area contributed by atoms with Crippen molar-refractivity contribution in [3.63, 3.8) is 0 Å². The van der Waals surface area contributed by atoms with Crippen LogP contribution >= 0.6 is 11.6 Å². The molecule has 5 rings (SSSR count). The smallest absolute Gasteiger partial charge is 0.409 e. The standard InChI is InChI=1S/C25H24ClFN4O3/c1-14-4-7-21-20(10-14)29-24(31(21)13-16-12-30(8-9-34-16)25(32)33-3)22-18(26)11-19-17(23(22)27)6-5-15(2)28-19/h4-7,10-11,16,29H,2,8-9,12-13H2,1,3H3/t16-/m1/s1. The lowest BCUT2D eigenvalue weighted by atomic mass is 10.1. The van der Waals surface area contributed by atoms with E-state index in [9.17, 15) is 4.79 Å². The number of carbonyl (C=O) groups is 1. The van der Waals surface area contributed by atoms with E-state index in [1.807, 2.05) is 30.0 Å². The Morgan fingerprint density at radius 1 is 1.35 bits per heavy atom. The highest BCUT2D eigenvalue weighted by Gasteiger charge is 2.32. The number of methoxy groups -OCH3 is 1. The number of rotatable bonds is 2. The van der Waals surface area contributed by atoms with Crippen LogP contribution in [0.3, 0.4) is 0 Å².